The van der Waals surface area contributed by atoms with E-state index in [0.717, 1.165) is 24.2 Å². The number of hydrogen-bond acceptors (Lipinski definition) is 2. The van der Waals surface area contributed by atoms with Crippen molar-refractivity contribution in [1.29, 1.82) is 0 Å². The van der Waals surface area contributed by atoms with E-state index in [-0.39, 0.29) is 12.5 Å². The van der Waals surface area contributed by atoms with Crippen LogP contribution in [0.25, 0.3) is 0 Å². The van der Waals surface area contributed by atoms with E-state index in [1.165, 1.54) is 64.2 Å². The van der Waals surface area contributed by atoms with Crippen molar-refractivity contribution in [3.8, 4) is 0 Å². The van der Waals surface area contributed by atoms with E-state index in [1.807, 2.05) is 6.92 Å². The maximum atomic E-state index is 11.0. The molecule has 0 amide bonds. The molecule has 5 fully saturated rings. The van der Waals surface area contributed by atoms with E-state index >= 15 is 0 Å². The van der Waals surface area contributed by atoms with Crippen molar-refractivity contribution in [2.45, 2.75) is 125 Å². The van der Waals surface area contributed by atoms with Crippen LogP contribution >= 0.6 is 0 Å². The molecule has 32 heavy (non-hydrogen) atoms. The van der Waals surface area contributed by atoms with Crippen molar-refractivity contribution in [3.05, 3.63) is 0 Å². The van der Waals surface area contributed by atoms with Crippen LogP contribution in [0, 0.1) is 56.7 Å². The van der Waals surface area contributed by atoms with Gasteiger partial charge in [0.25, 0.3) is 0 Å². The van der Waals surface area contributed by atoms with Gasteiger partial charge < -0.3 is 10.2 Å². The molecule has 0 spiro atoms. The van der Waals surface area contributed by atoms with Gasteiger partial charge in [-0.1, -0.05) is 48.0 Å². The minimum atomic E-state index is -0.920. The van der Waals surface area contributed by atoms with Crippen LogP contribution in [0.3, 0.4) is 0 Å². The number of aliphatic hydroxyl groups is 2. The molecular weight excluding hydrogens is 392 g/mol. The third-order valence-corrected chi connectivity index (χ3v) is 13.8. The van der Waals surface area contributed by atoms with Crippen LogP contribution in [0.2, 0.25) is 0 Å². The highest BCUT2D eigenvalue weighted by Gasteiger charge is 2.70. The van der Waals surface area contributed by atoms with E-state index in [9.17, 15) is 10.2 Å². The van der Waals surface area contributed by atoms with Gasteiger partial charge in [-0.25, -0.2) is 0 Å². The van der Waals surface area contributed by atoms with Gasteiger partial charge in [-0.15, -0.1) is 0 Å². The molecule has 184 valence electrons. The van der Waals surface area contributed by atoms with E-state index < -0.39 is 5.60 Å². The Morgan fingerprint density at radius 1 is 0.688 bits per heavy atom. The highest BCUT2D eigenvalue weighted by Crippen LogP contribution is 2.78. The molecule has 5 saturated carbocycles. The maximum Gasteiger partial charge on any atom is 0.0880 e. The molecule has 5 aliphatic carbocycles. The zero-order valence-electron chi connectivity index (χ0n) is 22.3. The first kappa shape index (κ1) is 23.7. The highest BCUT2D eigenvalue weighted by atomic mass is 16.3. The molecule has 0 aromatic carbocycles. The second kappa shape index (κ2) is 6.99. The molecular formula is C30H52O2. The zero-order valence-corrected chi connectivity index (χ0v) is 22.3. The number of hydrogen-bond donors (Lipinski definition) is 2. The second-order valence-corrected chi connectivity index (χ2v) is 15.3. The minimum Gasteiger partial charge on any atom is -0.393 e. The van der Waals surface area contributed by atoms with Gasteiger partial charge in [0.2, 0.25) is 0 Å². The van der Waals surface area contributed by atoms with Gasteiger partial charge in [0.1, 0.15) is 0 Å². The molecule has 10 unspecified atom stereocenters. The quantitative estimate of drug-likeness (QED) is 0.472. The molecule has 10 atom stereocenters. The molecule has 0 aromatic heterocycles. The Kier molecular flexibility index (Phi) is 5.17. The van der Waals surface area contributed by atoms with Gasteiger partial charge in [0, 0.05) is 0 Å². The molecule has 0 aromatic rings. The van der Waals surface area contributed by atoms with Crippen LogP contribution in [0.1, 0.15) is 119 Å². The molecule has 0 radical (unpaired) electrons. The summed E-state index contributed by atoms with van der Waals surface area (Å²) in [6.45, 7) is 17.7. The van der Waals surface area contributed by atoms with Gasteiger partial charge in [-0.05, 0) is 128 Å². The van der Waals surface area contributed by atoms with E-state index in [0.29, 0.717) is 33.0 Å². The summed E-state index contributed by atoms with van der Waals surface area (Å²) >= 11 is 0. The predicted molar refractivity (Wildman–Crippen MR) is 132 cm³/mol. The lowest BCUT2D eigenvalue weighted by Gasteiger charge is -2.73. The van der Waals surface area contributed by atoms with Crippen molar-refractivity contribution in [2.75, 3.05) is 6.61 Å². The Bertz CT molecular complexity index is 756. The summed E-state index contributed by atoms with van der Waals surface area (Å²) in [6, 6.07) is 0. The summed E-state index contributed by atoms with van der Waals surface area (Å²) in [4.78, 5) is 0. The van der Waals surface area contributed by atoms with Crippen molar-refractivity contribution in [1.82, 2.24) is 0 Å². The fourth-order valence-corrected chi connectivity index (χ4v) is 12.1. The summed E-state index contributed by atoms with van der Waals surface area (Å²) in [7, 11) is 0. The number of rotatable bonds is 2. The van der Waals surface area contributed by atoms with Crippen molar-refractivity contribution in [3.63, 3.8) is 0 Å². The minimum absolute atomic E-state index is 0.0957. The average molecular weight is 445 g/mol. The third-order valence-electron chi connectivity index (χ3n) is 13.8. The monoisotopic (exact) mass is 444 g/mol. The first-order valence-electron chi connectivity index (χ1n) is 14.1. The molecule has 5 rings (SSSR count). The lowest BCUT2D eigenvalue weighted by molar-refractivity contribution is -0.243. The standard InChI is InChI=1S/C30H52O2/c1-25(2)14-8-15-27(4)22(25)13-18-29(6)24(27)10-9-23-26(3)16-11-21(30(7,32)19-31)20(26)12-17-28(23,29)5/h20-24,31-32H,8-19H2,1-7H3. The Morgan fingerprint density at radius 2 is 1.28 bits per heavy atom. The lowest BCUT2D eigenvalue weighted by Crippen LogP contribution is -2.66. The molecule has 0 heterocycles. The van der Waals surface area contributed by atoms with Gasteiger partial charge in [-0.2, -0.15) is 0 Å². The molecule has 0 saturated heterocycles. The Morgan fingerprint density at radius 3 is 1.91 bits per heavy atom. The van der Waals surface area contributed by atoms with Crippen LogP contribution in [-0.4, -0.2) is 22.4 Å². The van der Waals surface area contributed by atoms with Gasteiger partial charge in [0.15, 0.2) is 0 Å². The summed E-state index contributed by atoms with van der Waals surface area (Å²) in [5, 5.41) is 21.0. The largest absolute Gasteiger partial charge is 0.393 e. The summed E-state index contributed by atoms with van der Waals surface area (Å²) in [5.74, 6) is 3.37. The first-order chi connectivity index (χ1) is 14.8. The lowest BCUT2D eigenvalue weighted by atomic mass is 9.32. The SMILES string of the molecule is CC1(C)CCCC2(C)C1CCC1(C)C2CCC2C3(C)CCC(C(C)(O)CO)C3CCC21C. The van der Waals surface area contributed by atoms with Gasteiger partial charge >= 0.3 is 0 Å². The Labute approximate surface area is 198 Å². The Balaban J connectivity index is 1.50. The molecule has 0 aliphatic heterocycles. The van der Waals surface area contributed by atoms with E-state index in [2.05, 4.69) is 41.5 Å². The fraction of sp³-hybridized carbons (Fsp3) is 1.00. The van der Waals surface area contributed by atoms with Crippen LogP contribution in [0.5, 0.6) is 0 Å². The van der Waals surface area contributed by atoms with Gasteiger partial charge in [0.05, 0.1) is 12.2 Å². The zero-order chi connectivity index (χ0) is 23.4. The molecule has 2 heteroatoms. The van der Waals surface area contributed by atoms with Crippen LogP contribution < -0.4 is 0 Å². The summed E-state index contributed by atoms with van der Waals surface area (Å²) in [5.41, 5.74) is 1.28. The first-order valence-corrected chi connectivity index (χ1v) is 14.1. The van der Waals surface area contributed by atoms with Crippen LogP contribution in [0.4, 0.5) is 0 Å². The van der Waals surface area contributed by atoms with Crippen molar-refractivity contribution < 1.29 is 10.2 Å². The molecule has 5 aliphatic rings. The smallest absolute Gasteiger partial charge is 0.0880 e. The van der Waals surface area contributed by atoms with Crippen LogP contribution in [-0.2, 0) is 0 Å². The van der Waals surface area contributed by atoms with E-state index in [4.69, 9.17) is 0 Å². The van der Waals surface area contributed by atoms with Crippen molar-refractivity contribution in [2.24, 2.45) is 56.7 Å². The fourth-order valence-electron chi connectivity index (χ4n) is 12.1. The van der Waals surface area contributed by atoms with Crippen molar-refractivity contribution >= 4 is 0 Å². The highest BCUT2D eigenvalue weighted by molar-refractivity contribution is 5.19. The summed E-state index contributed by atoms with van der Waals surface area (Å²) < 4.78 is 0. The van der Waals surface area contributed by atoms with Gasteiger partial charge in [-0.3, -0.25) is 0 Å². The topological polar surface area (TPSA) is 40.5 Å². The molecule has 0 bridgehead atoms. The molecule has 2 N–H and O–H groups in total. The average Bonchev–Trinajstić information content (AvgIpc) is 3.06. The van der Waals surface area contributed by atoms with E-state index in [1.54, 1.807) is 0 Å². The maximum absolute atomic E-state index is 11.0. The second-order valence-electron chi connectivity index (χ2n) is 15.3. The number of aliphatic hydroxyl groups excluding tert-OH is 1. The summed E-state index contributed by atoms with van der Waals surface area (Å²) in [6.07, 6.45) is 14.9. The normalized spacial score (nSPS) is 56.3. The Hall–Kier alpha value is -0.0800. The molecule has 2 nitrogen and oxygen atoms in total. The number of fused-ring (bicyclic) bond motifs is 7. The van der Waals surface area contributed by atoms with Crippen LogP contribution in [0.15, 0.2) is 0 Å². The predicted octanol–water partition coefficient (Wildman–Crippen LogP) is 7.22. The third kappa shape index (κ3) is 2.78.